The van der Waals surface area contributed by atoms with Gasteiger partial charge in [0.05, 0.1) is 0 Å². The number of rotatable bonds is 5. The molecule has 0 fully saturated rings. The summed E-state index contributed by atoms with van der Waals surface area (Å²) in [7, 11) is 1.95. The van der Waals surface area contributed by atoms with Gasteiger partial charge in [0, 0.05) is 4.90 Å². The highest BCUT2D eigenvalue weighted by atomic mass is 32.2. The zero-order chi connectivity index (χ0) is 10.4. The van der Waals surface area contributed by atoms with Crippen LogP contribution in [-0.2, 0) is 0 Å². The van der Waals surface area contributed by atoms with Crippen molar-refractivity contribution in [2.45, 2.75) is 18.2 Å². The number of hydrogen-bond donors (Lipinski definition) is 1. The highest BCUT2D eigenvalue weighted by molar-refractivity contribution is 7.99. The number of halogens is 1. The summed E-state index contributed by atoms with van der Waals surface area (Å²) in [6.45, 7) is 2.98. The molecule has 0 aromatic heterocycles. The lowest BCUT2D eigenvalue weighted by atomic mass is 10.2. The monoisotopic (exact) mass is 213 g/mol. The highest BCUT2D eigenvalue weighted by Gasteiger charge is 1.99. The molecule has 1 nitrogen and oxygen atoms in total. The van der Waals surface area contributed by atoms with Crippen molar-refractivity contribution in [3.63, 3.8) is 0 Å². The number of hydrogen-bond acceptors (Lipinski definition) is 2. The van der Waals surface area contributed by atoms with Crippen LogP contribution in [0.4, 0.5) is 4.39 Å². The first-order valence-corrected chi connectivity index (χ1v) is 5.76. The molecule has 0 aliphatic heterocycles. The summed E-state index contributed by atoms with van der Waals surface area (Å²) in [4.78, 5) is 1.18. The van der Waals surface area contributed by atoms with Crippen molar-refractivity contribution in [3.05, 3.63) is 29.6 Å². The number of benzene rings is 1. The minimum Gasteiger partial charge on any atom is -0.320 e. The summed E-state index contributed by atoms with van der Waals surface area (Å²) < 4.78 is 12.8. The molecule has 0 aliphatic carbocycles. The van der Waals surface area contributed by atoms with E-state index >= 15 is 0 Å². The molecule has 1 N–H and O–H groups in total. The van der Waals surface area contributed by atoms with Crippen LogP contribution in [0.25, 0.3) is 0 Å². The van der Waals surface area contributed by atoms with E-state index in [-0.39, 0.29) is 5.82 Å². The number of thioether (sulfide) groups is 1. The fourth-order valence-electron chi connectivity index (χ4n) is 1.21. The molecule has 0 spiro atoms. The molecule has 14 heavy (non-hydrogen) atoms. The highest BCUT2D eigenvalue weighted by Crippen LogP contribution is 2.23. The molecule has 0 radical (unpaired) electrons. The molecule has 1 aromatic carbocycles. The molecule has 0 bridgehead atoms. The van der Waals surface area contributed by atoms with E-state index < -0.39 is 0 Å². The molecular weight excluding hydrogens is 197 g/mol. The second-order valence-electron chi connectivity index (χ2n) is 3.22. The van der Waals surface area contributed by atoms with E-state index in [0.29, 0.717) is 0 Å². The molecule has 3 heteroatoms. The van der Waals surface area contributed by atoms with Crippen molar-refractivity contribution < 1.29 is 4.39 Å². The standard InChI is InChI=1S/C11H16FNS/c1-9-8-10(12)4-5-11(9)14-7-3-6-13-2/h4-5,8,13H,3,6-7H2,1-2H3. The lowest BCUT2D eigenvalue weighted by molar-refractivity contribution is 0.625. The van der Waals surface area contributed by atoms with Crippen molar-refractivity contribution in [1.29, 1.82) is 0 Å². The van der Waals surface area contributed by atoms with Crippen LogP contribution in [0, 0.1) is 12.7 Å². The van der Waals surface area contributed by atoms with Gasteiger partial charge in [-0.25, -0.2) is 4.39 Å². The molecule has 1 aromatic rings. The SMILES string of the molecule is CNCCCSc1ccc(F)cc1C. The molecule has 78 valence electrons. The first-order valence-electron chi connectivity index (χ1n) is 4.77. The Morgan fingerprint density at radius 3 is 2.86 bits per heavy atom. The maximum Gasteiger partial charge on any atom is 0.123 e. The van der Waals surface area contributed by atoms with Gasteiger partial charge in [-0.05, 0) is 56.5 Å². The van der Waals surface area contributed by atoms with Gasteiger partial charge >= 0.3 is 0 Å². The molecule has 0 saturated carbocycles. The van der Waals surface area contributed by atoms with E-state index in [9.17, 15) is 4.39 Å². The van der Waals surface area contributed by atoms with E-state index in [4.69, 9.17) is 0 Å². The fourth-order valence-corrected chi connectivity index (χ4v) is 2.17. The average Bonchev–Trinajstić information content (AvgIpc) is 2.15. The number of aryl methyl sites for hydroxylation is 1. The van der Waals surface area contributed by atoms with E-state index in [2.05, 4.69) is 5.32 Å². The molecule has 0 amide bonds. The summed E-state index contributed by atoms with van der Waals surface area (Å²) >= 11 is 1.79. The largest absolute Gasteiger partial charge is 0.320 e. The Morgan fingerprint density at radius 1 is 1.43 bits per heavy atom. The summed E-state index contributed by atoms with van der Waals surface area (Å²) in [5.74, 6) is 0.926. The van der Waals surface area contributed by atoms with Gasteiger partial charge in [-0.3, -0.25) is 0 Å². The Kier molecular flexibility index (Phi) is 4.98. The van der Waals surface area contributed by atoms with Crippen LogP contribution in [-0.4, -0.2) is 19.3 Å². The minimum absolute atomic E-state index is 0.151. The Hall–Kier alpha value is -0.540. The van der Waals surface area contributed by atoms with Crippen LogP contribution in [0.15, 0.2) is 23.1 Å². The molecule has 0 atom stereocenters. The van der Waals surface area contributed by atoms with Crippen molar-refractivity contribution in [3.8, 4) is 0 Å². The lowest BCUT2D eigenvalue weighted by Crippen LogP contribution is -2.08. The quantitative estimate of drug-likeness (QED) is 0.596. The fraction of sp³-hybridized carbons (Fsp3) is 0.455. The van der Waals surface area contributed by atoms with Gasteiger partial charge in [0.25, 0.3) is 0 Å². The second-order valence-corrected chi connectivity index (χ2v) is 4.35. The first kappa shape index (κ1) is 11.5. The van der Waals surface area contributed by atoms with Crippen LogP contribution in [0.1, 0.15) is 12.0 Å². The zero-order valence-corrected chi connectivity index (χ0v) is 9.46. The molecular formula is C11H16FNS. The third kappa shape index (κ3) is 3.68. The summed E-state index contributed by atoms with van der Waals surface area (Å²) in [6, 6.07) is 4.96. The van der Waals surface area contributed by atoms with Gasteiger partial charge in [-0.15, -0.1) is 11.8 Å². The minimum atomic E-state index is -0.151. The van der Waals surface area contributed by atoms with Gasteiger partial charge in [0.2, 0.25) is 0 Å². The maximum atomic E-state index is 12.8. The predicted octanol–water partition coefficient (Wildman–Crippen LogP) is 2.84. The van der Waals surface area contributed by atoms with Gasteiger partial charge in [0.15, 0.2) is 0 Å². The van der Waals surface area contributed by atoms with Crippen molar-refractivity contribution in [2.75, 3.05) is 19.3 Å². The molecule has 0 unspecified atom stereocenters. The van der Waals surface area contributed by atoms with Gasteiger partial charge < -0.3 is 5.32 Å². The molecule has 1 rings (SSSR count). The molecule has 0 heterocycles. The van der Waals surface area contributed by atoms with E-state index in [1.165, 1.54) is 11.0 Å². The Bertz CT molecular complexity index is 289. The van der Waals surface area contributed by atoms with E-state index in [1.54, 1.807) is 17.8 Å². The third-order valence-electron chi connectivity index (χ3n) is 1.97. The van der Waals surface area contributed by atoms with Gasteiger partial charge in [-0.1, -0.05) is 0 Å². The van der Waals surface area contributed by atoms with E-state index in [0.717, 1.165) is 24.3 Å². The Balaban J connectivity index is 2.42. The Morgan fingerprint density at radius 2 is 2.21 bits per heavy atom. The maximum absolute atomic E-state index is 12.8. The van der Waals surface area contributed by atoms with Crippen LogP contribution in [0.5, 0.6) is 0 Å². The van der Waals surface area contributed by atoms with Crippen molar-refractivity contribution in [1.82, 2.24) is 5.32 Å². The summed E-state index contributed by atoms with van der Waals surface area (Å²) in [5.41, 5.74) is 1.03. The molecule has 0 saturated heterocycles. The normalized spacial score (nSPS) is 10.5. The van der Waals surface area contributed by atoms with Crippen LogP contribution >= 0.6 is 11.8 Å². The van der Waals surface area contributed by atoms with Gasteiger partial charge in [0.1, 0.15) is 5.82 Å². The zero-order valence-electron chi connectivity index (χ0n) is 8.64. The average molecular weight is 213 g/mol. The van der Waals surface area contributed by atoms with Crippen LogP contribution in [0.2, 0.25) is 0 Å². The van der Waals surface area contributed by atoms with E-state index in [1.807, 2.05) is 20.0 Å². The second kappa shape index (κ2) is 6.04. The topological polar surface area (TPSA) is 12.0 Å². The first-order chi connectivity index (χ1) is 6.74. The van der Waals surface area contributed by atoms with Crippen molar-refractivity contribution in [2.24, 2.45) is 0 Å². The Labute approximate surface area is 89.1 Å². The smallest absolute Gasteiger partial charge is 0.123 e. The third-order valence-corrected chi connectivity index (χ3v) is 3.23. The van der Waals surface area contributed by atoms with Crippen molar-refractivity contribution >= 4 is 11.8 Å². The lowest BCUT2D eigenvalue weighted by Gasteiger charge is -2.05. The van der Waals surface area contributed by atoms with Crippen LogP contribution in [0.3, 0.4) is 0 Å². The number of nitrogens with one attached hydrogen (secondary N) is 1. The predicted molar refractivity (Wildman–Crippen MR) is 60.4 cm³/mol. The van der Waals surface area contributed by atoms with Crippen LogP contribution < -0.4 is 5.32 Å². The summed E-state index contributed by atoms with van der Waals surface area (Å²) in [5, 5.41) is 3.10. The molecule has 0 aliphatic rings. The van der Waals surface area contributed by atoms with Gasteiger partial charge in [-0.2, -0.15) is 0 Å². The summed E-state index contributed by atoms with van der Waals surface area (Å²) in [6.07, 6.45) is 1.14.